The number of pyridine rings is 1. The zero-order chi connectivity index (χ0) is 22.3. The largest absolute Gasteiger partial charge is 0.465 e. The molecule has 0 fully saturated rings. The quantitative estimate of drug-likeness (QED) is 0.299. The maximum absolute atomic E-state index is 11.9. The molecule has 0 unspecified atom stereocenters. The number of benzene rings is 3. The van der Waals surface area contributed by atoms with E-state index < -0.39 is 0 Å². The van der Waals surface area contributed by atoms with Crippen molar-refractivity contribution in [1.82, 2.24) is 4.98 Å². The lowest BCUT2D eigenvalue weighted by molar-refractivity contribution is 0.0599. The van der Waals surface area contributed by atoms with Crippen LogP contribution in [0.1, 0.15) is 32.7 Å². The molecule has 0 bridgehead atoms. The Morgan fingerprint density at radius 3 is 2.69 bits per heavy atom. The highest BCUT2D eigenvalue weighted by Gasteiger charge is 2.09. The summed E-state index contributed by atoms with van der Waals surface area (Å²) in [5, 5.41) is 1.80. The number of aryl methyl sites for hydroxylation is 2. The average Bonchev–Trinajstić information content (AvgIpc) is 2.82. The van der Waals surface area contributed by atoms with Crippen molar-refractivity contribution < 1.29 is 9.53 Å². The second kappa shape index (κ2) is 10.3. The number of carbonyl (C=O) groups excluding carboxylic acids is 1. The van der Waals surface area contributed by atoms with Gasteiger partial charge < -0.3 is 4.74 Å². The molecule has 32 heavy (non-hydrogen) atoms. The van der Waals surface area contributed by atoms with Crippen LogP contribution in [0.4, 0.5) is 0 Å². The van der Waals surface area contributed by atoms with Gasteiger partial charge in [-0.15, -0.1) is 0 Å². The summed E-state index contributed by atoms with van der Waals surface area (Å²) in [5.41, 5.74) is 5.94. The van der Waals surface area contributed by atoms with E-state index in [1.165, 1.54) is 12.7 Å². The molecule has 0 aliphatic rings. The first-order valence-electron chi connectivity index (χ1n) is 10.6. The number of hydrogen-bond acceptors (Lipinski definition) is 3. The smallest absolute Gasteiger partial charge is 0.338 e. The Bertz CT molecular complexity index is 1280. The van der Waals surface area contributed by atoms with Crippen molar-refractivity contribution >= 4 is 34.5 Å². The van der Waals surface area contributed by atoms with Crippen molar-refractivity contribution in [1.29, 1.82) is 0 Å². The second-order valence-corrected chi connectivity index (χ2v) is 8.08. The van der Waals surface area contributed by atoms with E-state index in [4.69, 9.17) is 21.3 Å². The summed E-state index contributed by atoms with van der Waals surface area (Å²) < 4.78 is 4.88. The fraction of sp³-hybridized carbons (Fsp3) is 0.143. The molecule has 0 atom stereocenters. The number of carbonyl (C=O) groups is 1. The third-order valence-electron chi connectivity index (χ3n) is 5.40. The van der Waals surface area contributed by atoms with E-state index in [2.05, 4.69) is 48.6 Å². The summed E-state index contributed by atoms with van der Waals surface area (Å²) in [4.78, 5) is 16.7. The molecule has 1 aromatic heterocycles. The molecule has 0 saturated carbocycles. The normalized spacial score (nSPS) is 11.2. The molecule has 160 valence electrons. The van der Waals surface area contributed by atoms with Crippen LogP contribution in [-0.4, -0.2) is 18.1 Å². The van der Waals surface area contributed by atoms with Gasteiger partial charge in [0.1, 0.15) is 0 Å². The van der Waals surface area contributed by atoms with E-state index in [-0.39, 0.29) is 5.97 Å². The zero-order valence-corrected chi connectivity index (χ0v) is 18.7. The molecule has 0 radical (unpaired) electrons. The maximum Gasteiger partial charge on any atom is 0.338 e. The molecule has 4 heteroatoms. The van der Waals surface area contributed by atoms with Crippen LogP contribution in [0.25, 0.3) is 17.0 Å². The van der Waals surface area contributed by atoms with E-state index in [0.717, 1.165) is 40.6 Å². The van der Waals surface area contributed by atoms with Crippen LogP contribution in [-0.2, 0) is 24.0 Å². The van der Waals surface area contributed by atoms with Gasteiger partial charge in [-0.05, 0) is 60.2 Å². The van der Waals surface area contributed by atoms with Crippen LogP contribution in [0.15, 0.2) is 84.9 Å². The average molecular weight is 442 g/mol. The van der Waals surface area contributed by atoms with Crippen LogP contribution in [0.3, 0.4) is 0 Å². The number of fused-ring (bicyclic) bond motifs is 1. The summed E-state index contributed by atoms with van der Waals surface area (Å²) in [6.07, 6.45) is 6.61. The molecular weight excluding hydrogens is 418 g/mol. The van der Waals surface area contributed by atoms with E-state index in [0.29, 0.717) is 17.0 Å². The van der Waals surface area contributed by atoms with Gasteiger partial charge in [-0.2, -0.15) is 0 Å². The maximum atomic E-state index is 11.9. The lowest BCUT2D eigenvalue weighted by atomic mass is 10.0. The van der Waals surface area contributed by atoms with Gasteiger partial charge in [-0.1, -0.05) is 78.4 Å². The van der Waals surface area contributed by atoms with Gasteiger partial charge in [-0.3, -0.25) is 4.98 Å². The van der Waals surface area contributed by atoms with Gasteiger partial charge in [-0.25, -0.2) is 4.79 Å². The lowest BCUT2D eigenvalue weighted by Crippen LogP contribution is -2.04. The van der Waals surface area contributed by atoms with Crippen LogP contribution < -0.4 is 0 Å². The van der Waals surface area contributed by atoms with E-state index in [9.17, 15) is 4.79 Å². The Balaban J connectivity index is 1.41. The van der Waals surface area contributed by atoms with Gasteiger partial charge in [0.25, 0.3) is 0 Å². The monoisotopic (exact) mass is 441 g/mol. The highest BCUT2D eigenvalue weighted by Crippen LogP contribution is 2.19. The van der Waals surface area contributed by atoms with E-state index in [1.54, 1.807) is 6.07 Å². The summed E-state index contributed by atoms with van der Waals surface area (Å²) in [6, 6.07) is 26.0. The standard InChI is InChI=1S/C28H24ClNO2/c1-32-28(31)26-11-3-2-9-22(26)10-5-8-20-6-4-7-21(18-20)12-16-25-17-14-23-13-15-24(29)19-27(23)30-25/h2-9,11,13-15,17-19H,10,12,16H2,1H3. The predicted molar refractivity (Wildman–Crippen MR) is 131 cm³/mol. The van der Waals surface area contributed by atoms with Crippen LogP contribution in [0.2, 0.25) is 5.02 Å². The SMILES string of the molecule is COC(=O)c1ccccc1CC=Cc1cccc(CCc2ccc3ccc(Cl)cc3n2)c1. The van der Waals surface area contributed by atoms with Gasteiger partial charge in [0, 0.05) is 16.1 Å². The summed E-state index contributed by atoms with van der Waals surface area (Å²) in [6.45, 7) is 0. The summed E-state index contributed by atoms with van der Waals surface area (Å²) in [5.74, 6) is -0.305. The molecule has 0 saturated heterocycles. The number of halogens is 1. The molecule has 0 amide bonds. The van der Waals surface area contributed by atoms with Crippen LogP contribution >= 0.6 is 11.6 Å². The highest BCUT2D eigenvalue weighted by molar-refractivity contribution is 6.31. The Labute approximate surface area is 193 Å². The van der Waals surface area contributed by atoms with Crippen molar-refractivity contribution in [3.63, 3.8) is 0 Å². The van der Waals surface area contributed by atoms with E-state index >= 15 is 0 Å². The Morgan fingerprint density at radius 2 is 1.81 bits per heavy atom. The Morgan fingerprint density at radius 1 is 0.969 bits per heavy atom. The molecule has 0 spiro atoms. The molecule has 0 aliphatic heterocycles. The second-order valence-electron chi connectivity index (χ2n) is 7.64. The summed E-state index contributed by atoms with van der Waals surface area (Å²) in [7, 11) is 1.41. The molecule has 1 heterocycles. The number of esters is 1. The topological polar surface area (TPSA) is 39.2 Å². The van der Waals surface area contributed by atoms with Crippen molar-refractivity contribution in [3.05, 3.63) is 118 Å². The van der Waals surface area contributed by atoms with E-state index in [1.807, 2.05) is 36.4 Å². The zero-order valence-electron chi connectivity index (χ0n) is 17.9. The fourth-order valence-electron chi connectivity index (χ4n) is 3.73. The third kappa shape index (κ3) is 5.43. The number of hydrogen-bond donors (Lipinski definition) is 0. The Hall–Kier alpha value is -3.43. The van der Waals surface area contributed by atoms with Gasteiger partial charge in [0.15, 0.2) is 0 Å². The predicted octanol–water partition coefficient (Wildman–Crippen LogP) is 6.72. The minimum absolute atomic E-state index is 0.305. The van der Waals surface area contributed by atoms with Crippen molar-refractivity contribution in [3.8, 4) is 0 Å². The highest BCUT2D eigenvalue weighted by atomic mass is 35.5. The number of aromatic nitrogens is 1. The van der Waals surface area contributed by atoms with Crippen molar-refractivity contribution in [2.24, 2.45) is 0 Å². The minimum Gasteiger partial charge on any atom is -0.465 e. The number of ether oxygens (including phenoxy) is 1. The minimum atomic E-state index is -0.305. The molecule has 4 rings (SSSR count). The first-order chi connectivity index (χ1) is 15.6. The molecule has 4 aromatic rings. The summed E-state index contributed by atoms with van der Waals surface area (Å²) >= 11 is 6.10. The third-order valence-corrected chi connectivity index (χ3v) is 5.64. The first kappa shape index (κ1) is 21.8. The first-order valence-corrected chi connectivity index (χ1v) is 11.0. The molecule has 0 N–H and O–H groups in total. The van der Waals surface area contributed by atoms with Crippen molar-refractivity contribution in [2.75, 3.05) is 7.11 Å². The van der Waals surface area contributed by atoms with Gasteiger partial charge in [0.2, 0.25) is 0 Å². The lowest BCUT2D eigenvalue weighted by Gasteiger charge is -2.06. The fourth-order valence-corrected chi connectivity index (χ4v) is 3.89. The number of nitrogens with zero attached hydrogens (tertiary/aromatic N) is 1. The number of allylic oxidation sites excluding steroid dienone is 1. The molecule has 0 aliphatic carbocycles. The Kier molecular flexibility index (Phi) is 6.98. The number of rotatable bonds is 7. The van der Waals surface area contributed by atoms with Crippen LogP contribution in [0, 0.1) is 0 Å². The van der Waals surface area contributed by atoms with Gasteiger partial charge in [0.05, 0.1) is 18.2 Å². The van der Waals surface area contributed by atoms with Gasteiger partial charge >= 0.3 is 5.97 Å². The molecule has 3 aromatic carbocycles. The van der Waals surface area contributed by atoms with Crippen molar-refractivity contribution in [2.45, 2.75) is 19.3 Å². The molecular formula is C28H24ClNO2. The number of methoxy groups -OCH3 is 1. The molecule has 3 nitrogen and oxygen atoms in total. The van der Waals surface area contributed by atoms with Crippen LogP contribution in [0.5, 0.6) is 0 Å².